The third-order valence-electron chi connectivity index (χ3n) is 2.57. The number of pyridine rings is 1. The van der Waals surface area contributed by atoms with Crippen LogP contribution in [-0.2, 0) is 0 Å². The Balaban J connectivity index is 2.37. The van der Waals surface area contributed by atoms with Crippen LogP contribution in [0.15, 0.2) is 48.8 Å². The van der Waals surface area contributed by atoms with E-state index in [1.807, 2.05) is 47.3 Å². The molecule has 1 aromatic carbocycles. The van der Waals surface area contributed by atoms with Crippen LogP contribution in [0.25, 0.3) is 16.7 Å². The van der Waals surface area contributed by atoms with Crippen LogP contribution in [0, 0.1) is 0 Å². The number of rotatable bonds is 1. The first-order chi connectivity index (χ1) is 8.74. The molecule has 3 nitrogen and oxygen atoms in total. The minimum absolute atomic E-state index is 0.219. The van der Waals surface area contributed by atoms with Crippen molar-refractivity contribution in [2.45, 2.75) is 0 Å². The fourth-order valence-electron chi connectivity index (χ4n) is 1.79. The lowest BCUT2D eigenvalue weighted by Crippen LogP contribution is -2.31. The first-order valence-electron chi connectivity index (χ1n) is 5.33. The van der Waals surface area contributed by atoms with Crippen molar-refractivity contribution in [3.8, 4) is 5.82 Å². The average molecular weight is 277 g/mol. The molecule has 0 saturated carbocycles. The molecule has 0 atom stereocenters. The van der Waals surface area contributed by atoms with E-state index in [2.05, 4.69) is 9.97 Å². The summed E-state index contributed by atoms with van der Waals surface area (Å²) in [6, 6.07) is 11.2. The van der Waals surface area contributed by atoms with Crippen molar-refractivity contribution in [3.05, 3.63) is 59.1 Å². The molecule has 88 valence electrons. The summed E-state index contributed by atoms with van der Waals surface area (Å²) >= 11 is 12.0. The molecule has 0 saturated heterocycles. The van der Waals surface area contributed by atoms with Crippen molar-refractivity contribution >= 4 is 34.1 Å². The summed E-state index contributed by atoms with van der Waals surface area (Å²) in [5, 5.41) is 1.73. The Kier molecular flexibility index (Phi) is 2.86. The van der Waals surface area contributed by atoms with Crippen LogP contribution in [0.2, 0.25) is 10.3 Å². The zero-order valence-corrected chi connectivity index (χ0v) is 10.7. The molecule has 0 radical (unpaired) electrons. The van der Waals surface area contributed by atoms with E-state index in [0.717, 1.165) is 10.9 Å². The Morgan fingerprint density at radius 2 is 1.72 bits per heavy atom. The van der Waals surface area contributed by atoms with Crippen LogP contribution >= 0.6 is 23.2 Å². The number of hydrogen-bond donors (Lipinski definition) is 0. The topological polar surface area (TPSA) is 29.7 Å². The van der Waals surface area contributed by atoms with Crippen LogP contribution < -0.4 is 4.57 Å². The second-order valence-corrected chi connectivity index (χ2v) is 4.53. The molecule has 0 unspecified atom stereocenters. The van der Waals surface area contributed by atoms with Crippen molar-refractivity contribution in [1.82, 2.24) is 9.97 Å². The molecule has 0 N–H and O–H groups in total. The highest BCUT2D eigenvalue weighted by molar-refractivity contribution is 6.31. The van der Waals surface area contributed by atoms with E-state index in [9.17, 15) is 0 Å². The molecule has 3 rings (SSSR count). The lowest BCUT2D eigenvalue weighted by molar-refractivity contribution is -0.598. The van der Waals surface area contributed by atoms with Gasteiger partial charge in [0.25, 0.3) is 0 Å². The highest BCUT2D eigenvalue weighted by atomic mass is 35.5. The quantitative estimate of drug-likeness (QED) is 0.505. The minimum Gasteiger partial charge on any atom is -0.203 e. The maximum atomic E-state index is 6.02. The molecule has 18 heavy (non-hydrogen) atoms. The average Bonchev–Trinajstić information content (AvgIpc) is 2.39. The lowest BCUT2D eigenvalue weighted by Gasteiger charge is -2.00. The molecule has 2 heterocycles. The predicted octanol–water partition coefficient (Wildman–Crippen LogP) is 3.21. The van der Waals surface area contributed by atoms with Gasteiger partial charge in [0.15, 0.2) is 0 Å². The van der Waals surface area contributed by atoms with Crippen molar-refractivity contribution in [2.24, 2.45) is 0 Å². The van der Waals surface area contributed by atoms with Gasteiger partial charge >= 0.3 is 11.1 Å². The minimum atomic E-state index is 0.219. The SMILES string of the molecule is Clc1ccc2nc(Cl)nc(-[n+]3ccccc3)c2c1. The first kappa shape index (κ1) is 11.4. The van der Waals surface area contributed by atoms with Gasteiger partial charge in [-0.15, -0.1) is 0 Å². The van der Waals surface area contributed by atoms with Gasteiger partial charge in [0.2, 0.25) is 0 Å². The van der Waals surface area contributed by atoms with Gasteiger partial charge in [-0.05, 0) is 46.9 Å². The van der Waals surface area contributed by atoms with Gasteiger partial charge in [0.05, 0.1) is 23.3 Å². The summed E-state index contributed by atoms with van der Waals surface area (Å²) in [5.74, 6) is 0.716. The summed E-state index contributed by atoms with van der Waals surface area (Å²) in [6.45, 7) is 0. The number of hydrogen-bond acceptors (Lipinski definition) is 2. The Bertz CT molecular complexity index is 714. The molecule has 2 aromatic heterocycles. The zero-order chi connectivity index (χ0) is 12.5. The number of aromatic nitrogens is 3. The molecular formula is C13H8Cl2N3+. The number of nitrogens with zero attached hydrogens (tertiary/aromatic N) is 3. The van der Waals surface area contributed by atoms with E-state index in [0.29, 0.717) is 10.8 Å². The summed E-state index contributed by atoms with van der Waals surface area (Å²) in [7, 11) is 0. The van der Waals surface area contributed by atoms with Crippen molar-refractivity contribution < 1.29 is 4.57 Å². The largest absolute Gasteiger partial charge is 0.341 e. The van der Waals surface area contributed by atoms with Gasteiger partial charge < -0.3 is 0 Å². The summed E-state index contributed by atoms with van der Waals surface area (Å²) in [5.41, 5.74) is 0.769. The van der Waals surface area contributed by atoms with E-state index in [4.69, 9.17) is 23.2 Å². The van der Waals surface area contributed by atoms with Gasteiger partial charge in [-0.1, -0.05) is 17.7 Å². The maximum Gasteiger partial charge on any atom is 0.341 e. The summed E-state index contributed by atoms with van der Waals surface area (Å²) < 4.78 is 1.88. The Morgan fingerprint density at radius 3 is 2.50 bits per heavy atom. The van der Waals surface area contributed by atoms with Gasteiger partial charge in [-0.25, -0.2) is 4.57 Å². The highest BCUT2D eigenvalue weighted by Gasteiger charge is 2.16. The number of benzene rings is 1. The molecule has 0 spiro atoms. The van der Waals surface area contributed by atoms with Gasteiger partial charge in [0, 0.05) is 5.02 Å². The van der Waals surface area contributed by atoms with E-state index >= 15 is 0 Å². The Labute approximate surface area is 114 Å². The molecule has 0 aliphatic carbocycles. The number of fused-ring (bicyclic) bond motifs is 1. The molecule has 0 aliphatic heterocycles. The summed E-state index contributed by atoms with van der Waals surface area (Å²) in [6.07, 6.45) is 3.80. The fraction of sp³-hybridized carbons (Fsp3) is 0. The van der Waals surface area contributed by atoms with E-state index in [1.165, 1.54) is 0 Å². The van der Waals surface area contributed by atoms with Crippen LogP contribution in [-0.4, -0.2) is 9.97 Å². The molecule has 5 heteroatoms. The Hall–Kier alpha value is -1.71. The van der Waals surface area contributed by atoms with Crippen LogP contribution in [0.4, 0.5) is 0 Å². The van der Waals surface area contributed by atoms with E-state index < -0.39 is 0 Å². The molecular weight excluding hydrogens is 269 g/mol. The molecule has 0 amide bonds. The third kappa shape index (κ3) is 2.03. The lowest BCUT2D eigenvalue weighted by atomic mass is 10.2. The zero-order valence-electron chi connectivity index (χ0n) is 9.22. The smallest absolute Gasteiger partial charge is 0.203 e. The van der Waals surface area contributed by atoms with Crippen molar-refractivity contribution in [1.29, 1.82) is 0 Å². The van der Waals surface area contributed by atoms with Gasteiger partial charge in [-0.3, -0.25) is 0 Å². The second kappa shape index (κ2) is 4.52. The normalized spacial score (nSPS) is 10.8. The van der Waals surface area contributed by atoms with E-state index in [1.54, 1.807) is 6.07 Å². The highest BCUT2D eigenvalue weighted by Crippen LogP contribution is 2.21. The van der Waals surface area contributed by atoms with Crippen molar-refractivity contribution in [2.75, 3.05) is 0 Å². The molecule has 0 fully saturated rings. The molecule has 3 aromatic rings. The number of halogens is 2. The first-order valence-corrected chi connectivity index (χ1v) is 6.09. The van der Waals surface area contributed by atoms with Gasteiger partial charge in [0.1, 0.15) is 0 Å². The van der Waals surface area contributed by atoms with E-state index in [-0.39, 0.29) is 5.28 Å². The van der Waals surface area contributed by atoms with Crippen LogP contribution in [0.5, 0.6) is 0 Å². The van der Waals surface area contributed by atoms with Crippen LogP contribution in [0.3, 0.4) is 0 Å². The Morgan fingerprint density at radius 1 is 0.944 bits per heavy atom. The fourth-order valence-corrected chi connectivity index (χ4v) is 2.14. The maximum absolute atomic E-state index is 6.02. The monoisotopic (exact) mass is 276 g/mol. The van der Waals surface area contributed by atoms with Crippen LogP contribution in [0.1, 0.15) is 0 Å². The molecule has 0 aliphatic rings. The standard InChI is InChI=1S/C13H8Cl2N3/c14-9-4-5-11-10(8-9)12(17-13(15)16-11)18-6-2-1-3-7-18/h1-8H/q+1. The summed E-state index contributed by atoms with van der Waals surface area (Å²) in [4.78, 5) is 8.46. The van der Waals surface area contributed by atoms with Gasteiger partial charge in [-0.2, -0.15) is 4.98 Å². The second-order valence-electron chi connectivity index (χ2n) is 3.76. The van der Waals surface area contributed by atoms with Crippen molar-refractivity contribution in [3.63, 3.8) is 0 Å². The molecule has 0 bridgehead atoms. The third-order valence-corrected chi connectivity index (χ3v) is 2.97. The predicted molar refractivity (Wildman–Crippen MR) is 71.1 cm³/mol.